The third-order valence-electron chi connectivity index (χ3n) is 3.93. The zero-order valence-electron chi connectivity index (χ0n) is 12.3. The average molecular weight is 298 g/mol. The van der Waals surface area contributed by atoms with E-state index in [1.165, 1.54) is 6.07 Å². The van der Waals surface area contributed by atoms with E-state index < -0.39 is 5.82 Å². The standard InChI is InChI=1S/C15H21ClFN3/c1-8(2)10(9(3)4)7-20-14-5-11(16)12(17)6-13(14)19-15(20)18/h5-6,8-10H,7H2,1-4H3,(H2,18,19). The molecule has 1 aromatic heterocycles. The number of aromatic nitrogens is 2. The number of nitrogen functional groups attached to an aromatic ring is 1. The minimum Gasteiger partial charge on any atom is -0.369 e. The second-order valence-corrected chi connectivity index (χ2v) is 6.39. The Morgan fingerprint density at radius 1 is 1.25 bits per heavy atom. The highest BCUT2D eigenvalue weighted by molar-refractivity contribution is 6.31. The number of rotatable bonds is 4. The van der Waals surface area contributed by atoms with Crippen molar-refractivity contribution in [3.05, 3.63) is 23.0 Å². The first-order chi connectivity index (χ1) is 9.31. The smallest absolute Gasteiger partial charge is 0.201 e. The van der Waals surface area contributed by atoms with Crippen LogP contribution in [0.2, 0.25) is 5.02 Å². The van der Waals surface area contributed by atoms with Gasteiger partial charge in [-0.3, -0.25) is 0 Å². The molecule has 0 aliphatic carbocycles. The van der Waals surface area contributed by atoms with Gasteiger partial charge in [-0.25, -0.2) is 9.37 Å². The fraction of sp³-hybridized carbons (Fsp3) is 0.533. The van der Waals surface area contributed by atoms with Gasteiger partial charge in [-0.15, -0.1) is 0 Å². The fourth-order valence-corrected chi connectivity index (χ4v) is 2.89. The maximum absolute atomic E-state index is 13.5. The van der Waals surface area contributed by atoms with E-state index in [1.807, 2.05) is 4.57 Å². The molecule has 0 bridgehead atoms. The molecule has 0 fully saturated rings. The summed E-state index contributed by atoms with van der Waals surface area (Å²) in [4.78, 5) is 4.23. The van der Waals surface area contributed by atoms with Crippen LogP contribution in [0.3, 0.4) is 0 Å². The molecule has 2 aromatic rings. The van der Waals surface area contributed by atoms with Crippen molar-refractivity contribution < 1.29 is 4.39 Å². The van der Waals surface area contributed by atoms with Crippen LogP contribution >= 0.6 is 11.6 Å². The summed E-state index contributed by atoms with van der Waals surface area (Å²) in [6, 6.07) is 2.94. The lowest BCUT2D eigenvalue weighted by Crippen LogP contribution is -2.22. The van der Waals surface area contributed by atoms with Crippen molar-refractivity contribution in [3.8, 4) is 0 Å². The van der Waals surface area contributed by atoms with Crippen LogP contribution in [-0.2, 0) is 6.54 Å². The number of anilines is 1. The van der Waals surface area contributed by atoms with Crippen LogP contribution in [0.5, 0.6) is 0 Å². The molecule has 0 atom stereocenters. The van der Waals surface area contributed by atoms with Crippen LogP contribution in [0.4, 0.5) is 10.3 Å². The summed E-state index contributed by atoms with van der Waals surface area (Å²) in [6.45, 7) is 9.57. The first-order valence-electron chi connectivity index (χ1n) is 6.92. The summed E-state index contributed by atoms with van der Waals surface area (Å²) in [5.74, 6) is 1.48. The number of hydrogen-bond donors (Lipinski definition) is 1. The Hall–Kier alpha value is -1.29. The van der Waals surface area contributed by atoms with Gasteiger partial charge in [-0.2, -0.15) is 0 Å². The van der Waals surface area contributed by atoms with Crippen LogP contribution < -0.4 is 5.73 Å². The highest BCUT2D eigenvalue weighted by Gasteiger charge is 2.21. The molecular weight excluding hydrogens is 277 g/mol. The van der Waals surface area contributed by atoms with Gasteiger partial charge in [0, 0.05) is 12.6 Å². The Bertz CT molecular complexity index is 611. The molecule has 0 aliphatic rings. The molecule has 0 unspecified atom stereocenters. The maximum Gasteiger partial charge on any atom is 0.201 e. The molecule has 5 heteroatoms. The third-order valence-corrected chi connectivity index (χ3v) is 4.22. The van der Waals surface area contributed by atoms with Gasteiger partial charge in [0.25, 0.3) is 0 Å². The predicted molar refractivity (Wildman–Crippen MR) is 82.3 cm³/mol. The summed E-state index contributed by atoms with van der Waals surface area (Å²) >= 11 is 5.87. The Kier molecular flexibility index (Phi) is 4.23. The van der Waals surface area contributed by atoms with E-state index in [9.17, 15) is 4.39 Å². The van der Waals surface area contributed by atoms with E-state index >= 15 is 0 Å². The van der Waals surface area contributed by atoms with Crippen LogP contribution in [0.15, 0.2) is 12.1 Å². The van der Waals surface area contributed by atoms with Crippen LogP contribution in [0.1, 0.15) is 27.7 Å². The van der Waals surface area contributed by atoms with E-state index in [0.717, 1.165) is 12.1 Å². The number of hydrogen-bond acceptors (Lipinski definition) is 2. The first kappa shape index (κ1) is 15.1. The molecule has 0 amide bonds. The summed E-state index contributed by atoms with van der Waals surface area (Å²) in [6.07, 6.45) is 0. The second kappa shape index (κ2) is 5.60. The highest BCUT2D eigenvalue weighted by Crippen LogP contribution is 2.29. The lowest BCUT2D eigenvalue weighted by molar-refractivity contribution is 0.255. The quantitative estimate of drug-likeness (QED) is 0.912. The zero-order chi connectivity index (χ0) is 15.0. The molecule has 110 valence electrons. The molecule has 1 aromatic carbocycles. The SMILES string of the molecule is CC(C)C(Cn1c(N)nc2cc(F)c(Cl)cc21)C(C)C. The van der Waals surface area contributed by atoms with E-state index in [1.54, 1.807) is 6.07 Å². The lowest BCUT2D eigenvalue weighted by Gasteiger charge is -2.26. The van der Waals surface area contributed by atoms with Gasteiger partial charge in [0.15, 0.2) is 0 Å². The largest absolute Gasteiger partial charge is 0.369 e. The number of benzene rings is 1. The van der Waals surface area contributed by atoms with Gasteiger partial charge in [-0.1, -0.05) is 39.3 Å². The Morgan fingerprint density at radius 3 is 2.40 bits per heavy atom. The van der Waals surface area contributed by atoms with Gasteiger partial charge >= 0.3 is 0 Å². The molecule has 0 aliphatic heterocycles. The van der Waals surface area contributed by atoms with Crippen LogP contribution in [-0.4, -0.2) is 9.55 Å². The Morgan fingerprint density at radius 2 is 1.85 bits per heavy atom. The van der Waals surface area contributed by atoms with Crippen LogP contribution in [0, 0.1) is 23.6 Å². The summed E-state index contributed by atoms with van der Waals surface area (Å²) in [5.41, 5.74) is 7.33. The minimum absolute atomic E-state index is 0.101. The summed E-state index contributed by atoms with van der Waals surface area (Å²) in [5, 5.41) is 0.101. The number of halogens is 2. The second-order valence-electron chi connectivity index (χ2n) is 5.99. The topological polar surface area (TPSA) is 43.8 Å². The molecule has 0 saturated heterocycles. The molecule has 2 rings (SSSR count). The lowest BCUT2D eigenvalue weighted by atomic mass is 9.85. The highest BCUT2D eigenvalue weighted by atomic mass is 35.5. The average Bonchev–Trinajstić information content (AvgIpc) is 2.61. The zero-order valence-corrected chi connectivity index (χ0v) is 13.1. The first-order valence-corrected chi connectivity index (χ1v) is 7.29. The molecule has 20 heavy (non-hydrogen) atoms. The summed E-state index contributed by atoms with van der Waals surface area (Å²) in [7, 11) is 0. The molecule has 0 spiro atoms. The van der Waals surface area contributed by atoms with Gasteiger partial charge in [-0.05, 0) is 23.8 Å². The number of imidazole rings is 1. The van der Waals surface area contributed by atoms with Gasteiger partial charge < -0.3 is 10.3 Å². The van der Waals surface area contributed by atoms with Gasteiger partial charge in [0.2, 0.25) is 5.95 Å². The van der Waals surface area contributed by atoms with Crippen molar-refractivity contribution in [1.29, 1.82) is 0 Å². The van der Waals surface area contributed by atoms with Crippen molar-refractivity contribution in [2.24, 2.45) is 17.8 Å². The minimum atomic E-state index is -0.465. The number of nitrogens with zero attached hydrogens (tertiary/aromatic N) is 2. The van der Waals surface area contributed by atoms with E-state index in [0.29, 0.717) is 29.2 Å². The molecule has 0 radical (unpaired) electrons. The summed E-state index contributed by atoms with van der Waals surface area (Å²) < 4.78 is 15.4. The maximum atomic E-state index is 13.5. The predicted octanol–water partition coefficient (Wildman–Crippen LogP) is 4.34. The van der Waals surface area contributed by atoms with E-state index in [4.69, 9.17) is 17.3 Å². The van der Waals surface area contributed by atoms with Crippen molar-refractivity contribution in [2.45, 2.75) is 34.2 Å². The molecule has 0 saturated carbocycles. The van der Waals surface area contributed by atoms with E-state index in [2.05, 4.69) is 32.7 Å². The van der Waals surface area contributed by atoms with Crippen molar-refractivity contribution in [1.82, 2.24) is 9.55 Å². The van der Waals surface area contributed by atoms with E-state index in [-0.39, 0.29) is 5.02 Å². The van der Waals surface area contributed by atoms with Crippen LogP contribution in [0.25, 0.3) is 11.0 Å². The Labute approximate surface area is 123 Å². The molecule has 3 nitrogen and oxygen atoms in total. The number of nitrogens with two attached hydrogens (primary N) is 1. The molecule has 2 N–H and O–H groups in total. The monoisotopic (exact) mass is 297 g/mol. The van der Waals surface area contributed by atoms with Gasteiger partial charge in [0.1, 0.15) is 5.82 Å². The molecular formula is C15H21ClFN3. The fourth-order valence-electron chi connectivity index (χ4n) is 2.73. The van der Waals surface area contributed by atoms with Gasteiger partial charge in [0.05, 0.1) is 16.1 Å². The molecule has 1 heterocycles. The van der Waals surface area contributed by atoms with Crippen molar-refractivity contribution in [3.63, 3.8) is 0 Å². The van der Waals surface area contributed by atoms with Crippen molar-refractivity contribution >= 4 is 28.6 Å². The third kappa shape index (κ3) is 2.75. The van der Waals surface area contributed by atoms with Crippen molar-refractivity contribution in [2.75, 3.05) is 5.73 Å². The normalized spacial score (nSPS) is 12.2. The Balaban J connectivity index is 2.48. The number of fused-ring (bicyclic) bond motifs is 1.